The second-order valence-corrected chi connectivity index (χ2v) is 8.20. The van der Waals surface area contributed by atoms with Crippen molar-refractivity contribution in [3.63, 3.8) is 0 Å². The van der Waals surface area contributed by atoms with Gasteiger partial charge in [-0.15, -0.1) is 11.8 Å². The van der Waals surface area contributed by atoms with Crippen LogP contribution in [-0.4, -0.2) is 18.2 Å². The lowest BCUT2D eigenvalue weighted by atomic mass is 9.80. The van der Waals surface area contributed by atoms with Gasteiger partial charge in [-0.05, 0) is 53.1 Å². The predicted octanol–water partition coefficient (Wildman–Crippen LogP) is 5.10. The first-order chi connectivity index (χ1) is 11.2. The van der Waals surface area contributed by atoms with Gasteiger partial charge < -0.3 is 5.32 Å². The van der Waals surface area contributed by atoms with Crippen LogP contribution in [0.25, 0.3) is 0 Å². The first-order valence-corrected chi connectivity index (χ1v) is 10.2. The largest absolute Gasteiger partial charge is 0.351 e. The van der Waals surface area contributed by atoms with E-state index >= 15 is 0 Å². The summed E-state index contributed by atoms with van der Waals surface area (Å²) in [7, 11) is 0. The molecule has 0 unspecified atom stereocenters. The smallest absolute Gasteiger partial charge is 0.252 e. The number of rotatable bonds is 6. The molecule has 1 aromatic carbocycles. The van der Waals surface area contributed by atoms with Crippen LogP contribution in [0.5, 0.6) is 0 Å². The van der Waals surface area contributed by atoms with E-state index in [0.717, 1.165) is 22.8 Å². The molecule has 0 spiro atoms. The van der Waals surface area contributed by atoms with Gasteiger partial charge in [-0.1, -0.05) is 31.9 Å². The second-order valence-electron chi connectivity index (χ2n) is 6.11. The van der Waals surface area contributed by atoms with Gasteiger partial charge in [0.25, 0.3) is 5.91 Å². The molecule has 0 radical (unpaired) electrons. The van der Waals surface area contributed by atoms with Crippen LogP contribution in [-0.2, 0) is 5.41 Å². The Morgan fingerprint density at radius 1 is 1.26 bits per heavy atom. The molecule has 1 saturated carbocycles. The van der Waals surface area contributed by atoms with E-state index in [1.54, 1.807) is 23.1 Å². The van der Waals surface area contributed by atoms with Crippen molar-refractivity contribution in [3.8, 4) is 0 Å². The fraction of sp³-hybridized carbons (Fsp3) is 0.421. The molecule has 1 aromatic heterocycles. The Balaban J connectivity index is 1.73. The van der Waals surface area contributed by atoms with E-state index in [1.165, 1.54) is 31.2 Å². The maximum absolute atomic E-state index is 12.7. The Bertz CT molecular complexity index is 645. The van der Waals surface area contributed by atoms with Gasteiger partial charge in [0.05, 0.1) is 5.56 Å². The molecule has 0 aliphatic heterocycles. The predicted molar refractivity (Wildman–Crippen MR) is 99.6 cm³/mol. The molecule has 1 aliphatic rings. The number of benzene rings is 1. The van der Waals surface area contributed by atoms with Gasteiger partial charge >= 0.3 is 0 Å². The number of hydrogen-bond acceptors (Lipinski definition) is 3. The highest BCUT2D eigenvalue weighted by Crippen LogP contribution is 2.41. The average Bonchev–Trinajstić information content (AvgIpc) is 3.26. The lowest BCUT2D eigenvalue weighted by molar-refractivity contribution is 0.0940. The van der Waals surface area contributed by atoms with E-state index < -0.39 is 0 Å². The highest BCUT2D eigenvalue weighted by molar-refractivity contribution is 7.99. The van der Waals surface area contributed by atoms with Crippen molar-refractivity contribution in [1.29, 1.82) is 0 Å². The van der Waals surface area contributed by atoms with Crippen LogP contribution in [0.4, 0.5) is 0 Å². The highest BCUT2D eigenvalue weighted by Gasteiger charge is 2.36. The molecule has 1 N–H and O–H groups in total. The molecule has 1 fully saturated rings. The van der Waals surface area contributed by atoms with Crippen LogP contribution in [0.1, 0.15) is 48.5 Å². The number of hydrogen-bond donors (Lipinski definition) is 1. The van der Waals surface area contributed by atoms with Crippen LogP contribution < -0.4 is 5.32 Å². The molecule has 1 amide bonds. The van der Waals surface area contributed by atoms with E-state index in [4.69, 9.17) is 0 Å². The summed E-state index contributed by atoms with van der Waals surface area (Å²) in [5.41, 5.74) is 2.34. The Labute approximate surface area is 146 Å². The number of thiophene rings is 1. The molecule has 0 bridgehead atoms. The molecule has 4 heteroatoms. The normalized spacial score (nSPS) is 16.4. The molecule has 1 aliphatic carbocycles. The third-order valence-electron chi connectivity index (χ3n) is 4.71. The minimum absolute atomic E-state index is 0.0584. The third kappa shape index (κ3) is 3.64. The van der Waals surface area contributed by atoms with Crippen molar-refractivity contribution in [2.45, 2.75) is 42.9 Å². The summed E-state index contributed by atoms with van der Waals surface area (Å²) in [5, 5.41) is 7.61. The zero-order valence-electron chi connectivity index (χ0n) is 13.5. The first-order valence-electron chi connectivity index (χ1n) is 8.28. The maximum atomic E-state index is 12.7. The molecule has 2 nitrogen and oxygen atoms in total. The molecule has 1 heterocycles. The number of carbonyl (C=O) groups excluding carboxylic acids is 1. The van der Waals surface area contributed by atoms with E-state index in [2.05, 4.69) is 29.1 Å². The Hall–Kier alpha value is -1.26. The minimum atomic E-state index is 0.0584. The summed E-state index contributed by atoms with van der Waals surface area (Å²) in [6.45, 7) is 2.86. The van der Waals surface area contributed by atoms with Crippen molar-refractivity contribution in [2.75, 3.05) is 12.3 Å². The number of carbonyl (C=O) groups is 1. The maximum Gasteiger partial charge on any atom is 0.252 e. The van der Waals surface area contributed by atoms with E-state index in [0.29, 0.717) is 0 Å². The number of thioether (sulfide) groups is 1. The molecule has 122 valence electrons. The Morgan fingerprint density at radius 3 is 2.74 bits per heavy atom. The van der Waals surface area contributed by atoms with Crippen molar-refractivity contribution in [3.05, 3.63) is 52.2 Å². The second kappa shape index (κ2) is 7.54. The first kappa shape index (κ1) is 16.6. The highest BCUT2D eigenvalue weighted by atomic mass is 32.2. The molecular formula is C19H23NOS2. The quantitative estimate of drug-likeness (QED) is 0.738. The van der Waals surface area contributed by atoms with E-state index in [-0.39, 0.29) is 11.3 Å². The van der Waals surface area contributed by atoms with E-state index in [9.17, 15) is 4.79 Å². The van der Waals surface area contributed by atoms with Gasteiger partial charge in [0, 0.05) is 16.9 Å². The van der Waals surface area contributed by atoms with Gasteiger partial charge in [0.2, 0.25) is 0 Å². The van der Waals surface area contributed by atoms with Crippen LogP contribution >= 0.6 is 23.1 Å². The van der Waals surface area contributed by atoms with Crippen molar-refractivity contribution < 1.29 is 4.79 Å². The van der Waals surface area contributed by atoms with Gasteiger partial charge in [-0.25, -0.2) is 0 Å². The zero-order valence-corrected chi connectivity index (χ0v) is 15.1. The molecule has 23 heavy (non-hydrogen) atoms. The molecular weight excluding hydrogens is 322 g/mol. The van der Waals surface area contributed by atoms with Gasteiger partial charge in [-0.3, -0.25) is 4.79 Å². The van der Waals surface area contributed by atoms with Crippen molar-refractivity contribution in [1.82, 2.24) is 5.32 Å². The molecule has 0 atom stereocenters. The summed E-state index contributed by atoms with van der Waals surface area (Å²) < 4.78 is 0. The average molecular weight is 346 g/mol. The fourth-order valence-electron chi connectivity index (χ4n) is 3.47. The summed E-state index contributed by atoms with van der Waals surface area (Å²) in [6.07, 6.45) is 4.87. The standard InChI is InChI=1S/C19H23NOS2/c1-2-23-17-8-4-3-7-16(17)18(21)20-14-19(10-5-6-11-19)15-9-12-22-13-15/h3-4,7-9,12-13H,2,5-6,10-11,14H2,1H3,(H,20,21). The summed E-state index contributed by atoms with van der Waals surface area (Å²) >= 11 is 3.47. The SMILES string of the molecule is CCSc1ccccc1C(=O)NCC1(c2ccsc2)CCCC1. The summed E-state index contributed by atoms with van der Waals surface area (Å²) in [6, 6.07) is 10.1. The summed E-state index contributed by atoms with van der Waals surface area (Å²) in [5.74, 6) is 1.03. The van der Waals surface area contributed by atoms with Crippen LogP contribution in [0.3, 0.4) is 0 Å². The topological polar surface area (TPSA) is 29.1 Å². The molecule has 0 saturated heterocycles. The lowest BCUT2D eigenvalue weighted by Gasteiger charge is -2.29. The Morgan fingerprint density at radius 2 is 2.04 bits per heavy atom. The molecule has 2 aromatic rings. The van der Waals surface area contributed by atoms with Gasteiger partial charge in [0.1, 0.15) is 0 Å². The van der Waals surface area contributed by atoms with Crippen LogP contribution in [0.2, 0.25) is 0 Å². The molecule has 3 rings (SSSR count). The lowest BCUT2D eigenvalue weighted by Crippen LogP contribution is -2.38. The van der Waals surface area contributed by atoms with Gasteiger partial charge in [-0.2, -0.15) is 11.3 Å². The van der Waals surface area contributed by atoms with Crippen LogP contribution in [0, 0.1) is 0 Å². The third-order valence-corrected chi connectivity index (χ3v) is 6.35. The van der Waals surface area contributed by atoms with Gasteiger partial charge in [0.15, 0.2) is 0 Å². The monoisotopic (exact) mass is 345 g/mol. The van der Waals surface area contributed by atoms with Crippen molar-refractivity contribution in [2.24, 2.45) is 0 Å². The van der Waals surface area contributed by atoms with Crippen molar-refractivity contribution >= 4 is 29.0 Å². The Kier molecular flexibility index (Phi) is 5.44. The number of amides is 1. The van der Waals surface area contributed by atoms with E-state index in [1.807, 2.05) is 24.3 Å². The van der Waals surface area contributed by atoms with Crippen LogP contribution in [0.15, 0.2) is 46.0 Å². The summed E-state index contributed by atoms with van der Waals surface area (Å²) in [4.78, 5) is 13.8. The minimum Gasteiger partial charge on any atom is -0.351 e. The number of nitrogens with one attached hydrogen (secondary N) is 1. The fourth-order valence-corrected chi connectivity index (χ4v) is 5.05. The zero-order chi connectivity index (χ0) is 16.1.